The Balaban J connectivity index is 2.30. The van der Waals surface area contributed by atoms with E-state index in [1.165, 1.54) is 17.0 Å². The molecule has 1 aromatic carbocycles. The lowest BCUT2D eigenvalue weighted by Gasteiger charge is -2.37. The summed E-state index contributed by atoms with van der Waals surface area (Å²) in [6.07, 6.45) is 0.497. The lowest BCUT2D eigenvalue weighted by Crippen LogP contribution is -2.61. The predicted molar refractivity (Wildman–Crippen MR) is 73.6 cm³/mol. The zero-order valence-electron chi connectivity index (χ0n) is 11.3. The fourth-order valence-corrected chi connectivity index (χ4v) is 2.55. The van der Waals surface area contributed by atoms with Gasteiger partial charge < -0.3 is 10.2 Å². The summed E-state index contributed by atoms with van der Waals surface area (Å²) >= 11 is 5.91. The molecule has 1 fully saturated rings. The van der Waals surface area contributed by atoms with Crippen LogP contribution in [0.5, 0.6) is 0 Å². The number of halogens is 2. The van der Waals surface area contributed by atoms with Gasteiger partial charge in [0.2, 0.25) is 11.8 Å². The largest absolute Gasteiger partial charge is 0.343 e. The van der Waals surface area contributed by atoms with Crippen LogP contribution in [-0.2, 0) is 16.1 Å². The molecule has 20 heavy (non-hydrogen) atoms. The number of amides is 2. The molecular weight excluding hydrogens is 283 g/mol. The van der Waals surface area contributed by atoms with Crippen molar-refractivity contribution in [1.29, 1.82) is 0 Å². The molecule has 1 heterocycles. The molecule has 108 valence electrons. The fourth-order valence-electron chi connectivity index (χ4n) is 2.36. The summed E-state index contributed by atoms with van der Waals surface area (Å²) in [5.41, 5.74) is 0.500. The zero-order chi connectivity index (χ0) is 14.9. The van der Waals surface area contributed by atoms with Crippen molar-refractivity contribution in [2.45, 2.75) is 38.9 Å². The van der Waals surface area contributed by atoms with Crippen LogP contribution in [0.2, 0.25) is 5.02 Å². The smallest absolute Gasteiger partial charge is 0.245 e. The van der Waals surface area contributed by atoms with Gasteiger partial charge in [0.1, 0.15) is 17.9 Å². The third-order valence-corrected chi connectivity index (χ3v) is 3.87. The van der Waals surface area contributed by atoms with E-state index >= 15 is 0 Å². The molecule has 1 aromatic rings. The first-order chi connectivity index (χ1) is 9.45. The number of carbonyl (C=O) groups is 2. The molecule has 2 rings (SSSR count). The minimum absolute atomic E-state index is 0.00575. The molecule has 2 amide bonds. The van der Waals surface area contributed by atoms with Crippen molar-refractivity contribution in [2.75, 3.05) is 0 Å². The van der Waals surface area contributed by atoms with Gasteiger partial charge in [-0.15, -0.1) is 0 Å². The van der Waals surface area contributed by atoms with Crippen molar-refractivity contribution >= 4 is 23.4 Å². The summed E-state index contributed by atoms with van der Waals surface area (Å²) in [6, 6.07) is 3.34. The van der Waals surface area contributed by atoms with Gasteiger partial charge in [-0.25, -0.2) is 4.39 Å². The molecule has 0 spiro atoms. The minimum Gasteiger partial charge on any atom is -0.343 e. The number of nitrogens with one attached hydrogen (secondary N) is 1. The molecule has 6 heteroatoms. The zero-order valence-corrected chi connectivity index (χ0v) is 12.1. The van der Waals surface area contributed by atoms with E-state index in [0.29, 0.717) is 12.0 Å². The highest BCUT2D eigenvalue weighted by atomic mass is 35.5. The number of carbonyl (C=O) groups excluding carboxylic acids is 2. The minimum atomic E-state index is -0.572. The summed E-state index contributed by atoms with van der Waals surface area (Å²) in [7, 11) is 0. The molecule has 2 unspecified atom stereocenters. The van der Waals surface area contributed by atoms with E-state index in [1.807, 2.05) is 6.92 Å². The number of nitrogens with zero attached hydrogens (tertiary/aromatic N) is 1. The highest BCUT2D eigenvalue weighted by molar-refractivity contribution is 6.31. The first kappa shape index (κ1) is 14.8. The summed E-state index contributed by atoms with van der Waals surface area (Å²) in [6.45, 7) is 3.59. The van der Waals surface area contributed by atoms with Gasteiger partial charge in [0.15, 0.2) is 0 Å². The summed E-state index contributed by atoms with van der Waals surface area (Å²) < 4.78 is 13.4. The Morgan fingerprint density at radius 2 is 2.10 bits per heavy atom. The maximum absolute atomic E-state index is 13.4. The molecule has 1 saturated heterocycles. The molecule has 0 radical (unpaired) electrons. The average molecular weight is 299 g/mol. The van der Waals surface area contributed by atoms with Crippen LogP contribution < -0.4 is 5.32 Å². The van der Waals surface area contributed by atoms with Crippen LogP contribution in [0.15, 0.2) is 18.2 Å². The van der Waals surface area contributed by atoms with E-state index in [9.17, 15) is 14.0 Å². The average Bonchev–Trinajstić information content (AvgIpc) is 2.41. The van der Waals surface area contributed by atoms with Crippen molar-refractivity contribution in [3.63, 3.8) is 0 Å². The molecule has 0 bridgehead atoms. The Labute approximate surface area is 121 Å². The van der Waals surface area contributed by atoms with Crippen LogP contribution in [0.4, 0.5) is 4.39 Å². The standard InChI is InChI=1S/C14H16ClFN2O2/c1-3-11-13(19)17-8(2)14(20)18(11)7-9-5-4-6-10(16)12(9)15/h4-6,8,11H,3,7H2,1-2H3,(H,17,19). The van der Waals surface area contributed by atoms with Gasteiger partial charge in [-0.2, -0.15) is 0 Å². The Bertz CT molecular complexity index is 550. The molecule has 1 aliphatic heterocycles. The van der Waals surface area contributed by atoms with Gasteiger partial charge in [-0.1, -0.05) is 30.7 Å². The monoisotopic (exact) mass is 298 g/mol. The number of piperazine rings is 1. The van der Waals surface area contributed by atoms with Crippen molar-refractivity contribution in [2.24, 2.45) is 0 Å². The second-order valence-electron chi connectivity index (χ2n) is 4.83. The Morgan fingerprint density at radius 3 is 2.75 bits per heavy atom. The number of hydrogen-bond donors (Lipinski definition) is 1. The van der Waals surface area contributed by atoms with Crippen LogP contribution >= 0.6 is 11.6 Å². The number of hydrogen-bond acceptors (Lipinski definition) is 2. The lowest BCUT2D eigenvalue weighted by molar-refractivity contribution is -0.149. The third-order valence-electron chi connectivity index (χ3n) is 3.45. The van der Waals surface area contributed by atoms with Crippen LogP contribution in [0, 0.1) is 5.82 Å². The molecule has 1 aliphatic rings. The van der Waals surface area contributed by atoms with Crippen molar-refractivity contribution in [1.82, 2.24) is 10.2 Å². The van der Waals surface area contributed by atoms with E-state index in [-0.39, 0.29) is 23.4 Å². The summed E-state index contributed by atoms with van der Waals surface area (Å²) in [4.78, 5) is 25.6. The molecule has 0 aliphatic carbocycles. The van der Waals surface area contributed by atoms with Gasteiger partial charge in [0, 0.05) is 6.54 Å². The second kappa shape index (κ2) is 5.79. The Kier molecular flexibility index (Phi) is 4.28. The predicted octanol–water partition coefficient (Wildman–Crippen LogP) is 2.10. The van der Waals surface area contributed by atoms with Gasteiger partial charge in [0.25, 0.3) is 0 Å². The Morgan fingerprint density at radius 1 is 1.40 bits per heavy atom. The lowest BCUT2D eigenvalue weighted by atomic mass is 10.0. The van der Waals surface area contributed by atoms with Crippen molar-refractivity contribution in [3.05, 3.63) is 34.6 Å². The second-order valence-corrected chi connectivity index (χ2v) is 5.21. The normalized spacial score (nSPS) is 22.9. The van der Waals surface area contributed by atoms with Gasteiger partial charge in [-0.05, 0) is 25.0 Å². The molecule has 4 nitrogen and oxygen atoms in total. The van der Waals surface area contributed by atoms with Crippen molar-refractivity contribution < 1.29 is 14.0 Å². The van der Waals surface area contributed by atoms with Crippen LogP contribution in [0.3, 0.4) is 0 Å². The van der Waals surface area contributed by atoms with Crippen LogP contribution in [0.1, 0.15) is 25.8 Å². The fraction of sp³-hybridized carbons (Fsp3) is 0.429. The molecule has 0 aromatic heterocycles. The first-order valence-corrected chi connectivity index (χ1v) is 6.87. The maximum atomic E-state index is 13.4. The van der Waals surface area contributed by atoms with E-state index in [2.05, 4.69) is 5.32 Å². The topological polar surface area (TPSA) is 49.4 Å². The van der Waals surface area contributed by atoms with E-state index in [0.717, 1.165) is 0 Å². The van der Waals surface area contributed by atoms with Gasteiger partial charge >= 0.3 is 0 Å². The van der Waals surface area contributed by atoms with Crippen LogP contribution in [0.25, 0.3) is 0 Å². The Hall–Kier alpha value is -1.62. The number of rotatable bonds is 3. The summed E-state index contributed by atoms with van der Waals surface area (Å²) in [5.74, 6) is -0.900. The highest BCUT2D eigenvalue weighted by Crippen LogP contribution is 2.24. The molecular formula is C14H16ClFN2O2. The van der Waals surface area contributed by atoms with Gasteiger partial charge in [0.05, 0.1) is 5.02 Å². The SMILES string of the molecule is CCC1C(=O)NC(C)C(=O)N1Cc1cccc(F)c1Cl. The summed E-state index contributed by atoms with van der Waals surface area (Å²) in [5, 5.41) is 2.63. The maximum Gasteiger partial charge on any atom is 0.245 e. The van der Waals surface area contributed by atoms with E-state index in [4.69, 9.17) is 11.6 Å². The first-order valence-electron chi connectivity index (χ1n) is 6.49. The van der Waals surface area contributed by atoms with E-state index in [1.54, 1.807) is 13.0 Å². The number of benzene rings is 1. The van der Waals surface area contributed by atoms with Gasteiger partial charge in [-0.3, -0.25) is 9.59 Å². The molecule has 0 saturated carbocycles. The quantitative estimate of drug-likeness (QED) is 0.929. The molecule has 1 N–H and O–H groups in total. The van der Waals surface area contributed by atoms with Crippen molar-refractivity contribution in [3.8, 4) is 0 Å². The van der Waals surface area contributed by atoms with E-state index < -0.39 is 17.9 Å². The van der Waals surface area contributed by atoms with Crippen LogP contribution in [-0.4, -0.2) is 28.8 Å². The third kappa shape index (κ3) is 2.63. The molecule has 2 atom stereocenters. The highest BCUT2D eigenvalue weighted by Gasteiger charge is 2.37.